The Kier molecular flexibility index (Phi) is 5.28. The number of hydrogen-bond acceptors (Lipinski definition) is 2. The zero-order chi connectivity index (χ0) is 13.6. The number of carbonyl (C=O) groups excluding carboxylic acids is 1. The first-order valence-corrected chi connectivity index (χ1v) is 6.18. The van der Waals surface area contributed by atoms with Crippen molar-refractivity contribution in [2.24, 2.45) is 11.1 Å². The molecule has 0 aliphatic rings. The zero-order valence-electron chi connectivity index (χ0n) is 11.0. The minimum absolute atomic E-state index is 0.00986. The Morgan fingerprint density at radius 3 is 2.78 bits per heavy atom. The third-order valence-electron chi connectivity index (χ3n) is 2.97. The van der Waals surface area contributed by atoms with Crippen molar-refractivity contribution >= 4 is 5.91 Å². The maximum Gasteiger partial charge on any atom is 0.225 e. The lowest BCUT2D eigenvalue weighted by atomic mass is 9.88. The molecule has 3 N–H and O–H groups in total. The molecule has 0 aromatic heterocycles. The molecule has 1 aromatic rings. The van der Waals surface area contributed by atoms with Crippen LogP contribution >= 0.6 is 0 Å². The number of halogens is 1. The summed E-state index contributed by atoms with van der Waals surface area (Å²) in [6, 6.07) is 6.41. The van der Waals surface area contributed by atoms with Crippen LogP contribution in [0.2, 0.25) is 0 Å². The van der Waals surface area contributed by atoms with E-state index in [2.05, 4.69) is 5.32 Å². The van der Waals surface area contributed by atoms with Gasteiger partial charge in [0.05, 0.1) is 0 Å². The van der Waals surface area contributed by atoms with E-state index >= 15 is 0 Å². The lowest BCUT2D eigenvalue weighted by molar-refractivity contribution is -0.129. The summed E-state index contributed by atoms with van der Waals surface area (Å²) in [7, 11) is 0. The molecule has 0 aliphatic heterocycles. The van der Waals surface area contributed by atoms with E-state index in [9.17, 15) is 9.18 Å². The van der Waals surface area contributed by atoms with Gasteiger partial charge in [0.25, 0.3) is 0 Å². The van der Waals surface area contributed by atoms with E-state index in [0.717, 1.165) is 5.56 Å². The molecule has 100 valence electrons. The number of rotatable bonds is 6. The number of hydrogen-bond donors (Lipinski definition) is 2. The molecule has 1 rings (SSSR count). The first kappa shape index (κ1) is 14.6. The van der Waals surface area contributed by atoms with Crippen molar-refractivity contribution in [3.63, 3.8) is 0 Å². The molecule has 0 aliphatic carbocycles. The molecule has 0 heterocycles. The third kappa shape index (κ3) is 4.45. The number of amides is 1. The second-order valence-electron chi connectivity index (χ2n) is 5.06. The summed E-state index contributed by atoms with van der Waals surface area (Å²) in [5, 5.41) is 2.86. The standard InChI is InChI=1S/C14H21FN2O/c1-14(2,7-8-16)13(18)17-9-6-11-4-3-5-12(15)10-11/h3-5,10H,6-9,16H2,1-2H3,(H,17,18). The fraction of sp³-hybridized carbons (Fsp3) is 0.500. The van der Waals surface area contributed by atoms with Gasteiger partial charge in [0.2, 0.25) is 5.91 Å². The summed E-state index contributed by atoms with van der Waals surface area (Å²) in [5.74, 6) is -0.258. The monoisotopic (exact) mass is 252 g/mol. The molecule has 0 saturated heterocycles. The molecule has 18 heavy (non-hydrogen) atoms. The highest BCUT2D eigenvalue weighted by Gasteiger charge is 2.25. The highest BCUT2D eigenvalue weighted by Crippen LogP contribution is 2.19. The van der Waals surface area contributed by atoms with E-state index < -0.39 is 5.41 Å². The average Bonchev–Trinajstić information content (AvgIpc) is 2.28. The predicted molar refractivity (Wildman–Crippen MR) is 70.6 cm³/mol. The van der Waals surface area contributed by atoms with Gasteiger partial charge in [-0.1, -0.05) is 26.0 Å². The predicted octanol–water partition coefficient (Wildman–Crippen LogP) is 1.86. The summed E-state index contributed by atoms with van der Waals surface area (Å²) < 4.78 is 12.9. The summed E-state index contributed by atoms with van der Waals surface area (Å²) in [5.41, 5.74) is 5.90. The van der Waals surface area contributed by atoms with Gasteiger partial charge >= 0.3 is 0 Å². The van der Waals surface area contributed by atoms with Crippen LogP contribution in [0.5, 0.6) is 0 Å². The van der Waals surface area contributed by atoms with Crippen molar-refractivity contribution in [3.05, 3.63) is 35.6 Å². The summed E-state index contributed by atoms with van der Waals surface area (Å²) in [6.45, 7) is 4.75. The molecule has 0 unspecified atom stereocenters. The largest absolute Gasteiger partial charge is 0.355 e. The van der Waals surface area contributed by atoms with Gasteiger partial charge in [-0.05, 0) is 37.1 Å². The molecule has 0 spiro atoms. The number of carbonyl (C=O) groups is 1. The van der Waals surface area contributed by atoms with Crippen LogP contribution in [-0.4, -0.2) is 19.0 Å². The molecular weight excluding hydrogens is 231 g/mol. The lowest BCUT2D eigenvalue weighted by Crippen LogP contribution is -2.39. The second-order valence-corrected chi connectivity index (χ2v) is 5.06. The molecule has 0 saturated carbocycles. The minimum atomic E-state index is -0.448. The topological polar surface area (TPSA) is 55.1 Å². The molecule has 0 fully saturated rings. The quantitative estimate of drug-likeness (QED) is 0.812. The first-order valence-electron chi connectivity index (χ1n) is 6.18. The Labute approximate surface area is 108 Å². The van der Waals surface area contributed by atoms with E-state index in [0.29, 0.717) is 25.9 Å². The van der Waals surface area contributed by atoms with Crippen LogP contribution in [0.25, 0.3) is 0 Å². The highest BCUT2D eigenvalue weighted by molar-refractivity contribution is 5.81. The van der Waals surface area contributed by atoms with E-state index in [1.165, 1.54) is 12.1 Å². The van der Waals surface area contributed by atoms with Crippen LogP contribution in [0.1, 0.15) is 25.8 Å². The third-order valence-corrected chi connectivity index (χ3v) is 2.97. The molecule has 0 radical (unpaired) electrons. The number of nitrogens with one attached hydrogen (secondary N) is 1. The number of benzene rings is 1. The zero-order valence-corrected chi connectivity index (χ0v) is 11.0. The fourth-order valence-electron chi connectivity index (χ4n) is 1.73. The van der Waals surface area contributed by atoms with Gasteiger partial charge in [-0.2, -0.15) is 0 Å². The Bertz CT molecular complexity index is 405. The SMILES string of the molecule is CC(C)(CCN)C(=O)NCCc1cccc(F)c1. The smallest absolute Gasteiger partial charge is 0.225 e. The molecule has 0 atom stereocenters. The first-order chi connectivity index (χ1) is 8.45. The van der Waals surface area contributed by atoms with Crippen LogP contribution in [0.3, 0.4) is 0 Å². The molecule has 1 amide bonds. The van der Waals surface area contributed by atoms with Gasteiger partial charge in [-0.25, -0.2) is 4.39 Å². The van der Waals surface area contributed by atoms with Crippen LogP contribution < -0.4 is 11.1 Å². The Balaban J connectivity index is 2.40. The molecule has 0 bridgehead atoms. The van der Waals surface area contributed by atoms with E-state index in [1.54, 1.807) is 6.07 Å². The summed E-state index contributed by atoms with van der Waals surface area (Å²) in [6.07, 6.45) is 1.28. The van der Waals surface area contributed by atoms with Gasteiger partial charge in [-0.15, -0.1) is 0 Å². The summed E-state index contributed by atoms with van der Waals surface area (Å²) >= 11 is 0. The Morgan fingerprint density at radius 1 is 1.44 bits per heavy atom. The van der Waals surface area contributed by atoms with Gasteiger partial charge in [0.15, 0.2) is 0 Å². The van der Waals surface area contributed by atoms with Crippen molar-refractivity contribution in [1.82, 2.24) is 5.32 Å². The van der Waals surface area contributed by atoms with Crippen molar-refractivity contribution in [2.75, 3.05) is 13.1 Å². The van der Waals surface area contributed by atoms with Gasteiger partial charge in [-0.3, -0.25) is 4.79 Å². The Morgan fingerprint density at radius 2 is 2.17 bits per heavy atom. The normalized spacial score (nSPS) is 11.3. The van der Waals surface area contributed by atoms with E-state index in [-0.39, 0.29) is 11.7 Å². The molecule has 1 aromatic carbocycles. The van der Waals surface area contributed by atoms with Crippen molar-refractivity contribution < 1.29 is 9.18 Å². The second kappa shape index (κ2) is 6.50. The molecule has 4 heteroatoms. The van der Waals surface area contributed by atoms with Gasteiger partial charge in [0, 0.05) is 12.0 Å². The van der Waals surface area contributed by atoms with Crippen molar-refractivity contribution in [2.45, 2.75) is 26.7 Å². The molecule has 3 nitrogen and oxygen atoms in total. The number of nitrogens with two attached hydrogens (primary N) is 1. The lowest BCUT2D eigenvalue weighted by Gasteiger charge is -2.22. The summed E-state index contributed by atoms with van der Waals surface area (Å²) in [4.78, 5) is 11.9. The maximum absolute atomic E-state index is 12.9. The average molecular weight is 252 g/mol. The maximum atomic E-state index is 12.9. The van der Waals surface area contributed by atoms with E-state index in [4.69, 9.17) is 5.73 Å². The highest BCUT2D eigenvalue weighted by atomic mass is 19.1. The Hall–Kier alpha value is -1.42. The van der Waals surface area contributed by atoms with Crippen LogP contribution in [0, 0.1) is 11.2 Å². The van der Waals surface area contributed by atoms with Crippen LogP contribution in [-0.2, 0) is 11.2 Å². The van der Waals surface area contributed by atoms with Crippen LogP contribution in [0.4, 0.5) is 4.39 Å². The van der Waals surface area contributed by atoms with Gasteiger partial charge < -0.3 is 11.1 Å². The minimum Gasteiger partial charge on any atom is -0.355 e. The van der Waals surface area contributed by atoms with E-state index in [1.807, 2.05) is 19.9 Å². The van der Waals surface area contributed by atoms with Crippen LogP contribution in [0.15, 0.2) is 24.3 Å². The van der Waals surface area contributed by atoms with Gasteiger partial charge in [0.1, 0.15) is 5.82 Å². The van der Waals surface area contributed by atoms with Crippen molar-refractivity contribution in [1.29, 1.82) is 0 Å². The fourth-order valence-corrected chi connectivity index (χ4v) is 1.73. The molecular formula is C14H21FN2O. The van der Waals surface area contributed by atoms with Crippen molar-refractivity contribution in [3.8, 4) is 0 Å².